The van der Waals surface area contributed by atoms with Crippen molar-refractivity contribution in [3.63, 3.8) is 0 Å². The number of carbonyl (C=O) groups is 3. The highest BCUT2D eigenvalue weighted by molar-refractivity contribution is 8.15. The van der Waals surface area contributed by atoms with Gasteiger partial charge in [-0.25, -0.2) is 4.79 Å². The molecule has 8 nitrogen and oxygen atoms in total. The van der Waals surface area contributed by atoms with Gasteiger partial charge in [0.1, 0.15) is 5.92 Å². The lowest BCUT2D eigenvalue weighted by Gasteiger charge is -2.37. The zero-order valence-corrected chi connectivity index (χ0v) is 30.5. The molecule has 246 valence electrons. The first kappa shape index (κ1) is 39.0. The van der Waals surface area contributed by atoms with Gasteiger partial charge in [0.05, 0.1) is 32.1 Å². The van der Waals surface area contributed by atoms with E-state index in [1.54, 1.807) is 0 Å². The van der Waals surface area contributed by atoms with Crippen LogP contribution < -0.4 is 0 Å². The highest BCUT2D eigenvalue weighted by atomic mass is 32.4. The minimum absolute atomic E-state index is 0.126. The highest BCUT2D eigenvalue weighted by Gasteiger charge is 2.60. The van der Waals surface area contributed by atoms with Crippen molar-refractivity contribution in [1.82, 2.24) is 0 Å². The first-order valence-electron chi connectivity index (χ1n) is 15.2. The van der Waals surface area contributed by atoms with Crippen molar-refractivity contribution in [3.05, 3.63) is 0 Å². The van der Waals surface area contributed by atoms with Gasteiger partial charge in [0.25, 0.3) is 0 Å². The molecule has 1 rings (SSSR count). The number of rotatable bonds is 12. The zero-order valence-electron chi connectivity index (χ0n) is 28.8. The molecule has 0 spiro atoms. The SMILES string of the molecule is CCP(=S)(CC)C(C(=O)OCC(C)(C)C)C1C(OCC(C)(C)C)OC(C(=O)OCC(C)(C)C)C1C(=O)OCC(C)(C)C. The van der Waals surface area contributed by atoms with E-state index in [9.17, 15) is 14.4 Å². The number of esters is 3. The zero-order chi connectivity index (χ0) is 32.9. The molecule has 0 aromatic heterocycles. The van der Waals surface area contributed by atoms with Crippen molar-refractivity contribution in [2.75, 3.05) is 38.8 Å². The predicted molar refractivity (Wildman–Crippen MR) is 171 cm³/mol. The van der Waals surface area contributed by atoms with Crippen molar-refractivity contribution in [2.24, 2.45) is 33.5 Å². The Morgan fingerprint density at radius 1 is 0.690 bits per heavy atom. The van der Waals surface area contributed by atoms with Crippen LogP contribution in [-0.2, 0) is 49.9 Å². The van der Waals surface area contributed by atoms with Gasteiger partial charge in [-0.05, 0) is 40.0 Å². The Balaban J connectivity index is 3.81. The lowest BCUT2D eigenvalue weighted by Crippen LogP contribution is -2.46. The van der Waals surface area contributed by atoms with E-state index >= 15 is 0 Å². The molecule has 5 unspecified atom stereocenters. The molecule has 0 amide bonds. The van der Waals surface area contributed by atoms with Gasteiger partial charge in [0, 0.05) is 5.92 Å². The highest BCUT2D eigenvalue weighted by Crippen LogP contribution is 2.58. The maximum absolute atomic E-state index is 14.1. The molecule has 0 aromatic carbocycles. The molecule has 1 heterocycles. The molecule has 0 aromatic rings. The molecular weight excluding hydrogens is 575 g/mol. The van der Waals surface area contributed by atoms with Crippen LogP contribution in [0.15, 0.2) is 0 Å². The largest absolute Gasteiger partial charge is 0.465 e. The van der Waals surface area contributed by atoms with Gasteiger partial charge < -0.3 is 23.7 Å². The average Bonchev–Trinajstić information content (AvgIpc) is 3.20. The minimum Gasteiger partial charge on any atom is -0.465 e. The van der Waals surface area contributed by atoms with Crippen LogP contribution in [0.5, 0.6) is 0 Å². The lowest BCUT2D eigenvalue weighted by atomic mass is 9.86. The van der Waals surface area contributed by atoms with Crippen molar-refractivity contribution in [3.8, 4) is 0 Å². The second-order valence-electron chi connectivity index (χ2n) is 16.4. The van der Waals surface area contributed by atoms with Crippen LogP contribution in [0.25, 0.3) is 0 Å². The summed E-state index contributed by atoms with van der Waals surface area (Å²) in [5.74, 6) is -3.83. The number of ether oxygens (including phenoxy) is 5. The molecule has 0 bridgehead atoms. The van der Waals surface area contributed by atoms with E-state index < -0.39 is 53.8 Å². The molecule has 42 heavy (non-hydrogen) atoms. The van der Waals surface area contributed by atoms with E-state index in [0.29, 0.717) is 12.3 Å². The Morgan fingerprint density at radius 2 is 1.10 bits per heavy atom. The van der Waals surface area contributed by atoms with Gasteiger partial charge >= 0.3 is 17.9 Å². The van der Waals surface area contributed by atoms with E-state index in [1.807, 2.05) is 96.9 Å². The molecule has 0 saturated carbocycles. The van der Waals surface area contributed by atoms with Crippen molar-refractivity contribution in [1.29, 1.82) is 0 Å². The summed E-state index contributed by atoms with van der Waals surface area (Å²) < 4.78 is 30.0. The summed E-state index contributed by atoms with van der Waals surface area (Å²) in [5.41, 5.74) is -2.02. The standard InChI is InChI=1S/C32H59O8PS/c1-15-41(42,16-2)24(27(35)38-19-31(9,10)11)22-21(25(33)36-17-29(3,4)5)23(26(34)37-18-30(6,7)8)40-28(22)39-20-32(12,13)14/h21-24,28H,15-20H2,1-14H3. The van der Waals surface area contributed by atoms with Crippen LogP contribution >= 0.6 is 6.04 Å². The van der Waals surface area contributed by atoms with Gasteiger partial charge in [-0.3, -0.25) is 9.59 Å². The summed E-state index contributed by atoms with van der Waals surface area (Å²) in [4.78, 5) is 41.6. The monoisotopic (exact) mass is 634 g/mol. The molecule has 1 aliphatic heterocycles. The quantitative estimate of drug-likeness (QED) is 0.133. The van der Waals surface area contributed by atoms with Gasteiger partial charge in [0.2, 0.25) is 0 Å². The molecule has 1 saturated heterocycles. The van der Waals surface area contributed by atoms with E-state index in [1.165, 1.54) is 0 Å². The topological polar surface area (TPSA) is 97.4 Å². The van der Waals surface area contributed by atoms with Gasteiger partial charge in [-0.2, -0.15) is 0 Å². The molecule has 0 aliphatic carbocycles. The third-order valence-electron chi connectivity index (χ3n) is 6.65. The third kappa shape index (κ3) is 12.5. The third-order valence-corrected chi connectivity index (χ3v) is 12.6. The van der Waals surface area contributed by atoms with Crippen molar-refractivity contribution >= 4 is 35.8 Å². The normalized spacial score (nSPS) is 22.9. The minimum atomic E-state index is -2.47. The maximum Gasteiger partial charge on any atom is 0.336 e. The van der Waals surface area contributed by atoms with E-state index in [4.69, 9.17) is 35.5 Å². The Labute approximate surface area is 260 Å². The van der Waals surface area contributed by atoms with Gasteiger partial charge in [0.15, 0.2) is 12.4 Å². The Morgan fingerprint density at radius 3 is 1.50 bits per heavy atom. The number of carbonyl (C=O) groups excluding carboxylic acids is 3. The molecule has 1 aliphatic rings. The van der Waals surface area contributed by atoms with Crippen LogP contribution in [0.3, 0.4) is 0 Å². The van der Waals surface area contributed by atoms with Crippen LogP contribution in [-0.4, -0.2) is 74.7 Å². The van der Waals surface area contributed by atoms with Crippen LogP contribution in [0.2, 0.25) is 0 Å². The van der Waals surface area contributed by atoms with Crippen LogP contribution in [0.1, 0.15) is 96.9 Å². The number of hydrogen-bond acceptors (Lipinski definition) is 9. The van der Waals surface area contributed by atoms with Gasteiger partial charge in [-0.15, -0.1) is 0 Å². The second kappa shape index (κ2) is 14.8. The second-order valence-corrected chi connectivity index (χ2v) is 22.3. The van der Waals surface area contributed by atoms with E-state index in [0.717, 1.165) is 0 Å². The van der Waals surface area contributed by atoms with E-state index in [-0.39, 0.29) is 48.1 Å². The molecule has 1 fully saturated rings. The fourth-order valence-electron chi connectivity index (χ4n) is 4.41. The summed E-state index contributed by atoms with van der Waals surface area (Å²) in [6.45, 7) is 28.3. The summed E-state index contributed by atoms with van der Waals surface area (Å²) in [7, 11) is 0. The number of hydrogen-bond donors (Lipinski definition) is 0. The lowest BCUT2D eigenvalue weighted by molar-refractivity contribution is -0.187. The molecule has 10 heteroatoms. The Kier molecular flexibility index (Phi) is 13.8. The van der Waals surface area contributed by atoms with Crippen molar-refractivity contribution in [2.45, 2.75) is 115 Å². The van der Waals surface area contributed by atoms with Crippen LogP contribution in [0.4, 0.5) is 0 Å². The van der Waals surface area contributed by atoms with Crippen molar-refractivity contribution < 1.29 is 38.1 Å². The average molecular weight is 635 g/mol. The summed E-state index contributed by atoms with van der Waals surface area (Å²) in [6.07, 6.45) is -1.24. The fourth-order valence-corrected chi connectivity index (χ4v) is 7.73. The molecular formula is C32H59O8PS. The predicted octanol–water partition coefficient (Wildman–Crippen LogP) is 6.66. The first-order valence-corrected chi connectivity index (χ1v) is 18.4. The smallest absolute Gasteiger partial charge is 0.336 e. The summed E-state index contributed by atoms with van der Waals surface area (Å²) in [5, 5.41) is 0. The van der Waals surface area contributed by atoms with Crippen LogP contribution in [0, 0.1) is 33.5 Å². The Hall–Kier alpha value is -1.02. The summed E-state index contributed by atoms with van der Waals surface area (Å²) >= 11 is 6.26. The van der Waals surface area contributed by atoms with E-state index in [2.05, 4.69) is 0 Å². The maximum atomic E-state index is 14.1. The first-order chi connectivity index (χ1) is 18.8. The molecule has 5 atom stereocenters. The summed E-state index contributed by atoms with van der Waals surface area (Å²) in [6, 6.07) is -2.47. The fraction of sp³-hybridized carbons (Fsp3) is 0.906. The molecule has 0 radical (unpaired) electrons. The Bertz CT molecular complexity index is 959. The molecule has 0 N–H and O–H groups in total. The van der Waals surface area contributed by atoms with Gasteiger partial charge in [-0.1, -0.05) is 109 Å².